The first-order chi connectivity index (χ1) is 25.5. The maximum absolute atomic E-state index is 13.4. The molecule has 1 atom stereocenters. The Kier molecular flexibility index (Phi) is 8.77. The van der Waals surface area contributed by atoms with Crippen LogP contribution in [0.15, 0.2) is 47.4 Å². The number of carbonyl (C=O) groups is 4. The summed E-state index contributed by atoms with van der Waals surface area (Å²) in [5.74, 6) is 0.324. The van der Waals surface area contributed by atoms with E-state index in [0.29, 0.717) is 46.8 Å². The largest absolute Gasteiger partial charge is 0.496 e. The molecule has 3 fully saturated rings. The van der Waals surface area contributed by atoms with E-state index >= 15 is 0 Å². The topological polar surface area (TPSA) is 143 Å². The molecule has 4 aliphatic heterocycles. The molecule has 2 aromatic heterocycles. The molecule has 6 heterocycles. The van der Waals surface area contributed by atoms with Crippen molar-refractivity contribution >= 4 is 50.7 Å². The standard InChI is InChI=1S/C39H42N6O7S/c1-40-36(48)32-16-26-34(53-32)27(18-42(2)37(26)49)23-13-30(51-3)28(31(14-23)52-4)19-43-11-9-39(10-12-43)20-44(21-39)24-6-5-22-17-45(38(50)25(22)15-24)29-7-8-33(46)41-35(29)47/h5-6,13-16,18,29H,7-12,17,19-21H2,1-4H3,(H,40,48)(H,41,46,47). The number of benzene rings is 2. The number of ether oxygens (including phenoxy) is 2. The van der Waals surface area contributed by atoms with Gasteiger partial charge in [-0.2, -0.15) is 0 Å². The molecule has 1 spiro atoms. The van der Waals surface area contributed by atoms with Gasteiger partial charge in [-0.25, -0.2) is 0 Å². The zero-order valence-corrected chi connectivity index (χ0v) is 31.1. The van der Waals surface area contributed by atoms with Crippen LogP contribution >= 0.6 is 11.3 Å². The normalized spacial score (nSPS) is 19.7. The molecule has 4 amide bonds. The summed E-state index contributed by atoms with van der Waals surface area (Å²) in [5.41, 5.74) is 5.22. The number of methoxy groups -OCH3 is 2. The zero-order valence-electron chi connectivity index (χ0n) is 30.2. The second-order valence-corrected chi connectivity index (χ2v) is 15.7. The summed E-state index contributed by atoms with van der Waals surface area (Å²) < 4.78 is 14.2. The number of carbonyl (C=O) groups excluding carboxylic acids is 4. The van der Waals surface area contributed by atoms with Gasteiger partial charge < -0.3 is 29.2 Å². The third kappa shape index (κ3) is 6.03. The van der Waals surface area contributed by atoms with Crippen molar-refractivity contribution in [2.24, 2.45) is 12.5 Å². The van der Waals surface area contributed by atoms with Crippen LogP contribution in [-0.4, -0.2) is 91.5 Å². The van der Waals surface area contributed by atoms with E-state index in [2.05, 4.69) is 26.5 Å². The van der Waals surface area contributed by atoms with Crippen molar-refractivity contribution in [2.75, 3.05) is 52.3 Å². The predicted molar refractivity (Wildman–Crippen MR) is 201 cm³/mol. The quantitative estimate of drug-likeness (QED) is 0.260. The fourth-order valence-corrected chi connectivity index (χ4v) is 9.53. The van der Waals surface area contributed by atoms with E-state index in [4.69, 9.17) is 9.47 Å². The summed E-state index contributed by atoms with van der Waals surface area (Å²) in [6.07, 6.45) is 4.47. The molecule has 8 rings (SSSR count). The molecule has 0 saturated carbocycles. The van der Waals surface area contributed by atoms with Gasteiger partial charge in [-0.15, -0.1) is 11.3 Å². The lowest BCUT2D eigenvalue weighted by Gasteiger charge is -2.55. The van der Waals surface area contributed by atoms with Gasteiger partial charge in [-0.05, 0) is 73.8 Å². The van der Waals surface area contributed by atoms with Gasteiger partial charge in [0.2, 0.25) is 11.8 Å². The van der Waals surface area contributed by atoms with Crippen LogP contribution in [-0.2, 0) is 29.7 Å². The Bertz CT molecular complexity index is 2220. The number of hydrogen-bond donors (Lipinski definition) is 2. The molecular formula is C39H42N6O7S. The molecule has 2 aromatic carbocycles. The molecule has 53 heavy (non-hydrogen) atoms. The minimum absolute atomic E-state index is 0.150. The number of hydrogen-bond acceptors (Lipinski definition) is 10. The van der Waals surface area contributed by atoms with Gasteiger partial charge in [0.15, 0.2) is 0 Å². The highest BCUT2D eigenvalue weighted by atomic mass is 32.1. The SMILES string of the molecule is CNC(=O)c1cc2c(=O)n(C)cc(-c3cc(OC)c(CN4CCC5(CC4)CN(c4ccc6c(c4)C(=O)N(C4CCC(=O)NC4=O)C6)C5)c(OC)c3)c2s1. The number of imide groups is 1. The number of pyridine rings is 1. The summed E-state index contributed by atoms with van der Waals surface area (Å²) in [6.45, 7) is 4.72. The van der Waals surface area contributed by atoms with Crippen molar-refractivity contribution in [3.8, 4) is 22.6 Å². The number of anilines is 1. The average molecular weight is 739 g/mol. The van der Waals surface area contributed by atoms with Crippen molar-refractivity contribution in [1.29, 1.82) is 0 Å². The highest BCUT2D eigenvalue weighted by Crippen LogP contribution is 2.45. The zero-order chi connectivity index (χ0) is 37.2. The van der Waals surface area contributed by atoms with Gasteiger partial charge in [0.25, 0.3) is 17.4 Å². The van der Waals surface area contributed by atoms with Gasteiger partial charge in [0, 0.05) is 79.8 Å². The molecule has 0 aliphatic carbocycles. The molecule has 1 unspecified atom stereocenters. The molecule has 4 aliphatic rings. The van der Waals surface area contributed by atoms with Crippen molar-refractivity contribution in [3.63, 3.8) is 0 Å². The van der Waals surface area contributed by atoms with E-state index in [1.165, 1.54) is 15.9 Å². The lowest BCUT2D eigenvalue weighted by Crippen LogP contribution is -2.60. The lowest BCUT2D eigenvalue weighted by atomic mass is 9.71. The van der Waals surface area contributed by atoms with Crippen LogP contribution in [0, 0.1) is 5.41 Å². The first-order valence-electron chi connectivity index (χ1n) is 17.9. The van der Waals surface area contributed by atoms with E-state index < -0.39 is 11.9 Å². The summed E-state index contributed by atoms with van der Waals surface area (Å²) >= 11 is 1.29. The monoisotopic (exact) mass is 738 g/mol. The Morgan fingerprint density at radius 1 is 1.00 bits per heavy atom. The Morgan fingerprint density at radius 2 is 1.72 bits per heavy atom. The van der Waals surface area contributed by atoms with Crippen LogP contribution in [0.2, 0.25) is 0 Å². The minimum Gasteiger partial charge on any atom is -0.496 e. The third-order valence-corrected chi connectivity index (χ3v) is 12.6. The van der Waals surface area contributed by atoms with Crippen LogP contribution < -0.4 is 30.6 Å². The Morgan fingerprint density at radius 3 is 2.38 bits per heavy atom. The number of aromatic nitrogens is 1. The Labute approximate surface area is 310 Å². The molecule has 0 bridgehead atoms. The summed E-state index contributed by atoms with van der Waals surface area (Å²) in [7, 11) is 6.59. The van der Waals surface area contributed by atoms with Crippen molar-refractivity contribution in [2.45, 2.75) is 44.8 Å². The number of thiophene rings is 1. The van der Waals surface area contributed by atoms with Crippen LogP contribution in [0.1, 0.15) is 56.8 Å². The third-order valence-electron chi connectivity index (χ3n) is 11.4. The fraction of sp³-hybridized carbons (Fsp3) is 0.410. The fourth-order valence-electron chi connectivity index (χ4n) is 8.40. The molecule has 3 saturated heterocycles. The van der Waals surface area contributed by atoms with Crippen molar-refractivity contribution < 1.29 is 28.7 Å². The highest BCUT2D eigenvalue weighted by Gasteiger charge is 2.46. The first-order valence-corrected chi connectivity index (χ1v) is 18.7. The van der Waals surface area contributed by atoms with Crippen LogP contribution in [0.3, 0.4) is 0 Å². The summed E-state index contributed by atoms with van der Waals surface area (Å²) in [4.78, 5) is 69.7. The highest BCUT2D eigenvalue weighted by molar-refractivity contribution is 7.21. The number of piperidine rings is 2. The van der Waals surface area contributed by atoms with Gasteiger partial charge in [0.05, 0.1) is 30.0 Å². The molecule has 2 N–H and O–H groups in total. The van der Waals surface area contributed by atoms with Gasteiger partial charge in [0.1, 0.15) is 17.5 Å². The maximum atomic E-state index is 13.4. The van der Waals surface area contributed by atoms with E-state index in [9.17, 15) is 24.0 Å². The number of rotatable bonds is 8. The predicted octanol–water partition coefficient (Wildman–Crippen LogP) is 3.51. The second-order valence-electron chi connectivity index (χ2n) is 14.6. The van der Waals surface area contributed by atoms with Crippen LogP contribution in [0.4, 0.5) is 5.69 Å². The van der Waals surface area contributed by atoms with Gasteiger partial charge >= 0.3 is 0 Å². The average Bonchev–Trinajstić information content (AvgIpc) is 3.74. The lowest BCUT2D eigenvalue weighted by molar-refractivity contribution is -0.136. The van der Waals surface area contributed by atoms with E-state index in [1.54, 1.807) is 45.5 Å². The van der Waals surface area contributed by atoms with Crippen LogP contribution in [0.5, 0.6) is 11.5 Å². The number of likely N-dealkylation sites (tertiary alicyclic amines) is 1. The van der Waals surface area contributed by atoms with E-state index in [0.717, 1.165) is 71.7 Å². The summed E-state index contributed by atoms with van der Waals surface area (Å²) in [6, 6.07) is 11.0. The number of nitrogens with one attached hydrogen (secondary N) is 2. The van der Waals surface area contributed by atoms with Gasteiger partial charge in [-0.1, -0.05) is 6.07 Å². The molecule has 14 heteroatoms. The molecular weight excluding hydrogens is 697 g/mol. The van der Waals surface area contributed by atoms with Gasteiger partial charge in [-0.3, -0.25) is 34.2 Å². The maximum Gasteiger partial charge on any atom is 0.261 e. The number of aryl methyl sites for hydroxylation is 1. The Hall–Kier alpha value is -5.21. The van der Waals surface area contributed by atoms with E-state index in [1.807, 2.05) is 24.3 Å². The molecule has 13 nitrogen and oxygen atoms in total. The minimum atomic E-state index is -0.617. The van der Waals surface area contributed by atoms with E-state index in [-0.39, 0.29) is 35.1 Å². The number of amides is 4. The van der Waals surface area contributed by atoms with Crippen molar-refractivity contribution in [3.05, 3.63) is 74.5 Å². The number of nitrogens with zero attached hydrogens (tertiary/aromatic N) is 4. The molecule has 4 aromatic rings. The smallest absolute Gasteiger partial charge is 0.261 e. The first kappa shape index (κ1) is 34.9. The second kappa shape index (κ2) is 13.3. The Balaban J connectivity index is 0.940. The molecule has 0 radical (unpaired) electrons. The summed E-state index contributed by atoms with van der Waals surface area (Å²) in [5, 5.41) is 5.51. The number of fused-ring (bicyclic) bond motifs is 2. The molecule has 276 valence electrons. The van der Waals surface area contributed by atoms with Crippen molar-refractivity contribution in [1.82, 2.24) is 25.0 Å². The van der Waals surface area contributed by atoms with Crippen LogP contribution in [0.25, 0.3) is 21.2 Å².